The lowest BCUT2D eigenvalue weighted by Gasteiger charge is -2.37. The van der Waals surface area contributed by atoms with Crippen LogP contribution in [0.25, 0.3) is 5.65 Å². The molecule has 1 aliphatic heterocycles. The molecular formula is C22H24FN5O3. The van der Waals surface area contributed by atoms with E-state index < -0.39 is 5.97 Å². The minimum absolute atomic E-state index is 0.0443. The Hall–Kier alpha value is -3.20. The van der Waals surface area contributed by atoms with Crippen molar-refractivity contribution < 1.29 is 19.0 Å². The van der Waals surface area contributed by atoms with Crippen molar-refractivity contribution in [3.8, 4) is 5.75 Å². The molecule has 1 aliphatic carbocycles. The number of nitrogens with zero attached hydrogens (tertiary/aromatic N) is 4. The number of hydrogen-bond donors (Lipinski definition) is 2. The molecule has 2 aromatic heterocycles. The molecule has 5 rings (SSSR count). The van der Waals surface area contributed by atoms with Crippen LogP contribution in [0, 0.1) is 5.82 Å². The van der Waals surface area contributed by atoms with Crippen molar-refractivity contribution in [2.45, 2.75) is 43.7 Å². The summed E-state index contributed by atoms with van der Waals surface area (Å²) in [6.45, 7) is 1.13. The first-order valence-electron chi connectivity index (χ1n) is 10.5. The van der Waals surface area contributed by atoms with E-state index >= 15 is 0 Å². The average molecular weight is 425 g/mol. The van der Waals surface area contributed by atoms with Gasteiger partial charge in [0.2, 0.25) is 0 Å². The highest BCUT2D eigenvalue weighted by atomic mass is 19.1. The third-order valence-corrected chi connectivity index (χ3v) is 6.12. The van der Waals surface area contributed by atoms with Gasteiger partial charge in [0.15, 0.2) is 5.65 Å². The van der Waals surface area contributed by atoms with E-state index in [1.165, 1.54) is 22.8 Å². The molecule has 2 fully saturated rings. The molecule has 8 nitrogen and oxygen atoms in total. The molecule has 1 unspecified atom stereocenters. The maximum atomic E-state index is 14.2. The zero-order valence-corrected chi connectivity index (χ0v) is 17.0. The van der Waals surface area contributed by atoms with Crippen LogP contribution in [0.2, 0.25) is 0 Å². The standard InChI is InChI=1S/C22H24FN5O3/c23-14-4-5-18(31-13-22(24)7-8-22)15(11-14)17-3-1-2-9-27(17)19-6-10-28-20(26-19)16(12-25-28)21(29)30/h4-6,10-12,17H,1-3,7-9,13,24H2,(H,29,30). The van der Waals surface area contributed by atoms with Crippen LogP contribution in [-0.4, -0.2) is 44.4 Å². The lowest BCUT2D eigenvalue weighted by atomic mass is 9.94. The van der Waals surface area contributed by atoms with Gasteiger partial charge in [0.25, 0.3) is 0 Å². The molecule has 0 spiro atoms. The monoisotopic (exact) mass is 425 g/mol. The number of rotatable bonds is 6. The Morgan fingerprint density at radius 2 is 2.16 bits per heavy atom. The van der Waals surface area contributed by atoms with Crippen molar-refractivity contribution in [1.29, 1.82) is 0 Å². The Labute approximate surface area is 178 Å². The van der Waals surface area contributed by atoms with Crippen LogP contribution in [0.1, 0.15) is 54.1 Å². The number of nitrogens with two attached hydrogens (primary N) is 1. The molecule has 0 radical (unpaired) electrons. The first kappa shape index (κ1) is 19.7. The highest BCUT2D eigenvalue weighted by Gasteiger charge is 2.39. The zero-order chi connectivity index (χ0) is 21.6. The van der Waals surface area contributed by atoms with Crippen molar-refractivity contribution in [2.24, 2.45) is 5.73 Å². The summed E-state index contributed by atoms with van der Waals surface area (Å²) in [7, 11) is 0. The fraction of sp³-hybridized carbons (Fsp3) is 0.409. The molecule has 1 aromatic carbocycles. The number of fused-ring (bicyclic) bond motifs is 1. The second-order valence-electron chi connectivity index (χ2n) is 8.46. The second kappa shape index (κ2) is 7.49. The second-order valence-corrected chi connectivity index (χ2v) is 8.46. The van der Waals surface area contributed by atoms with Crippen LogP contribution < -0.4 is 15.4 Å². The van der Waals surface area contributed by atoms with Gasteiger partial charge < -0.3 is 20.5 Å². The third-order valence-electron chi connectivity index (χ3n) is 6.12. The summed E-state index contributed by atoms with van der Waals surface area (Å²) in [5.74, 6) is -0.139. The van der Waals surface area contributed by atoms with Gasteiger partial charge in [-0.1, -0.05) is 0 Å². The fourth-order valence-electron chi connectivity index (χ4n) is 4.14. The summed E-state index contributed by atoms with van der Waals surface area (Å²) >= 11 is 0. The number of carbonyl (C=O) groups is 1. The van der Waals surface area contributed by atoms with Crippen LogP contribution in [0.3, 0.4) is 0 Å². The van der Waals surface area contributed by atoms with Gasteiger partial charge in [0.1, 0.15) is 29.6 Å². The number of carboxylic acid groups (broad SMARTS) is 1. The molecule has 3 N–H and O–H groups in total. The van der Waals surface area contributed by atoms with Crippen LogP contribution in [-0.2, 0) is 0 Å². The number of aromatic nitrogens is 3. The van der Waals surface area contributed by atoms with Gasteiger partial charge in [-0.3, -0.25) is 0 Å². The van der Waals surface area contributed by atoms with Crippen LogP contribution in [0.4, 0.5) is 10.2 Å². The maximum absolute atomic E-state index is 14.2. The topological polar surface area (TPSA) is 106 Å². The molecule has 1 saturated carbocycles. The molecular weight excluding hydrogens is 401 g/mol. The quantitative estimate of drug-likeness (QED) is 0.625. The molecule has 1 saturated heterocycles. The lowest BCUT2D eigenvalue weighted by molar-refractivity contribution is 0.0698. The zero-order valence-electron chi connectivity index (χ0n) is 17.0. The van der Waals surface area contributed by atoms with E-state index in [-0.39, 0.29) is 28.6 Å². The van der Waals surface area contributed by atoms with Gasteiger partial charge in [-0.15, -0.1) is 0 Å². The van der Waals surface area contributed by atoms with Crippen molar-refractivity contribution >= 4 is 17.4 Å². The predicted molar refractivity (Wildman–Crippen MR) is 112 cm³/mol. The number of benzene rings is 1. The summed E-state index contributed by atoms with van der Waals surface area (Å²) in [5, 5.41) is 13.5. The highest BCUT2D eigenvalue weighted by molar-refractivity contribution is 5.94. The van der Waals surface area contributed by atoms with E-state index in [2.05, 4.69) is 15.0 Å². The Morgan fingerprint density at radius 1 is 1.32 bits per heavy atom. The highest BCUT2D eigenvalue weighted by Crippen LogP contribution is 2.40. The Kier molecular flexibility index (Phi) is 4.77. The van der Waals surface area contributed by atoms with E-state index in [1.807, 2.05) is 6.07 Å². The summed E-state index contributed by atoms with van der Waals surface area (Å²) in [6.07, 6.45) is 7.62. The lowest BCUT2D eigenvalue weighted by Crippen LogP contribution is -2.35. The van der Waals surface area contributed by atoms with Gasteiger partial charge in [-0.25, -0.2) is 18.7 Å². The van der Waals surface area contributed by atoms with Crippen molar-refractivity contribution in [2.75, 3.05) is 18.1 Å². The predicted octanol–water partition coefficient (Wildman–Crippen LogP) is 3.17. The maximum Gasteiger partial charge on any atom is 0.341 e. The van der Waals surface area contributed by atoms with E-state index in [4.69, 9.17) is 10.5 Å². The molecule has 3 heterocycles. The fourth-order valence-corrected chi connectivity index (χ4v) is 4.14. The van der Waals surface area contributed by atoms with E-state index in [1.54, 1.807) is 12.3 Å². The van der Waals surface area contributed by atoms with Gasteiger partial charge in [-0.05, 0) is 56.4 Å². The number of halogens is 1. The Balaban J connectivity index is 1.51. The number of aromatic carboxylic acids is 1. The summed E-state index contributed by atoms with van der Waals surface area (Å²) in [6, 6.07) is 6.26. The molecule has 2 aliphatic rings. The van der Waals surface area contributed by atoms with Crippen molar-refractivity contribution in [3.05, 3.63) is 53.6 Å². The van der Waals surface area contributed by atoms with E-state index in [0.29, 0.717) is 18.2 Å². The van der Waals surface area contributed by atoms with Gasteiger partial charge in [0.05, 0.1) is 17.8 Å². The van der Waals surface area contributed by atoms with Crippen molar-refractivity contribution in [1.82, 2.24) is 14.6 Å². The van der Waals surface area contributed by atoms with E-state index in [9.17, 15) is 14.3 Å². The van der Waals surface area contributed by atoms with Gasteiger partial charge in [-0.2, -0.15) is 5.10 Å². The number of ether oxygens (including phenoxy) is 1. The summed E-state index contributed by atoms with van der Waals surface area (Å²) in [4.78, 5) is 18.2. The number of anilines is 1. The average Bonchev–Trinajstić information content (AvgIpc) is 3.35. The van der Waals surface area contributed by atoms with Crippen LogP contribution in [0.15, 0.2) is 36.7 Å². The molecule has 162 valence electrons. The van der Waals surface area contributed by atoms with Crippen molar-refractivity contribution in [3.63, 3.8) is 0 Å². The summed E-state index contributed by atoms with van der Waals surface area (Å²) < 4.78 is 21.7. The Bertz CT molecular complexity index is 1140. The van der Waals surface area contributed by atoms with E-state index in [0.717, 1.165) is 44.2 Å². The minimum atomic E-state index is -1.08. The Morgan fingerprint density at radius 3 is 2.94 bits per heavy atom. The molecule has 9 heteroatoms. The first-order valence-corrected chi connectivity index (χ1v) is 10.5. The smallest absolute Gasteiger partial charge is 0.341 e. The third kappa shape index (κ3) is 3.81. The summed E-state index contributed by atoms with van der Waals surface area (Å²) in [5.41, 5.74) is 6.99. The van der Waals surface area contributed by atoms with Gasteiger partial charge in [0, 0.05) is 18.3 Å². The molecule has 1 atom stereocenters. The molecule has 31 heavy (non-hydrogen) atoms. The molecule has 0 bridgehead atoms. The molecule has 3 aromatic rings. The van der Waals surface area contributed by atoms with Crippen LogP contribution >= 0.6 is 0 Å². The minimum Gasteiger partial charge on any atom is -0.491 e. The number of carboxylic acids is 1. The van der Waals surface area contributed by atoms with Crippen LogP contribution in [0.5, 0.6) is 5.75 Å². The normalized spacial score (nSPS) is 20.1. The number of hydrogen-bond acceptors (Lipinski definition) is 6. The largest absolute Gasteiger partial charge is 0.491 e. The number of piperidine rings is 1. The SMILES string of the molecule is NC1(COc2ccc(F)cc2C2CCCCN2c2ccn3ncc(C(=O)O)c3n2)CC1. The van der Waals surface area contributed by atoms with Gasteiger partial charge >= 0.3 is 5.97 Å². The molecule has 0 amide bonds. The first-order chi connectivity index (χ1) is 14.9.